The molecule has 1 aromatic heterocycles. The SMILES string of the molecule is Brc1cncc(CC2=NCCCN2)c1. The zero-order valence-corrected chi connectivity index (χ0v) is 9.42. The normalized spacial score (nSPS) is 15.9. The molecule has 0 aromatic carbocycles. The predicted molar refractivity (Wildman–Crippen MR) is 60.6 cm³/mol. The van der Waals surface area contributed by atoms with Crippen LogP contribution in [0, 0.1) is 0 Å². The molecule has 0 saturated carbocycles. The molecule has 0 aliphatic carbocycles. The second kappa shape index (κ2) is 4.55. The van der Waals surface area contributed by atoms with Crippen molar-refractivity contribution in [3.63, 3.8) is 0 Å². The van der Waals surface area contributed by atoms with Gasteiger partial charge in [-0.2, -0.15) is 0 Å². The van der Waals surface area contributed by atoms with E-state index in [0.717, 1.165) is 36.2 Å². The van der Waals surface area contributed by atoms with Gasteiger partial charge in [-0.1, -0.05) is 0 Å². The van der Waals surface area contributed by atoms with Gasteiger partial charge in [0, 0.05) is 36.4 Å². The van der Waals surface area contributed by atoms with Crippen molar-refractivity contribution in [2.24, 2.45) is 4.99 Å². The van der Waals surface area contributed by atoms with Crippen LogP contribution in [0.1, 0.15) is 12.0 Å². The lowest BCUT2D eigenvalue weighted by molar-refractivity contribution is 0.731. The standard InChI is InChI=1S/C10H12BrN3/c11-9-4-8(6-12-7-9)5-10-13-2-1-3-14-10/h4,6-7H,1-3,5H2,(H,13,14). The summed E-state index contributed by atoms with van der Waals surface area (Å²) in [4.78, 5) is 8.54. The van der Waals surface area contributed by atoms with E-state index in [-0.39, 0.29) is 0 Å². The van der Waals surface area contributed by atoms with Crippen LogP contribution in [0.5, 0.6) is 0 Å². The molecule has 0 radical (unpaired) electrons. The molecule has 0 amide bonds. The zero-order chi connectivity index (χ0) is 9.80. The van der Waals surface area contributed by atoms with E-state index in [0.29, 0.717) is 0 Å². The molecule has 0 bridgehead atoms. The van der Waals surface area contributed by atoms with Crippen LogP contribution in [0.2, 0.25) is 0 Å². The van der Waals surface area contributed by atoms with E-state index >= 15 is 0 Å². The number of rotatable bonds is 2. The van der Waals surface area contributed by atoms with Gasteiger partial charge in [0.05, 0.1) is 0 Å². The highest BCUT2D eigenvalue weighted by atomic mass is 79.9. The summed E-state index contributed by atoms with van der Waals surface area (Å²) in [6.45, 7) is 1.99. The first kappa shape index (κ1) is 9.65. The fourth-order valence-corrected chi connectivity index (χ4v) is 1.86. The molecule has 2 heterocycles. The second-order valence-corrected chi connectivity index (χ2v) is 4.21. The summed E-state index contributed by atoms with van der Waals surface area (Å²) in [5, 5.41) is 3.29. The summed E-state index contributed by atoms with van der Waals surface area (Å²) in [5.41, 5.74) is 1.19. The fourth-order valence-electron chi connectivity index (χ4n) is 1.45. The van der Waals surface area contributed by atoms with E-state index in [1.165, 1.54) is 5.56 Å². The Morgan fingerprint density at radius 2 is 2.36 bits per heavy atom. The van der Waals surface area contributed by atoms with Crippen molar-refractivity contribution < 1.29 is 0 Å². The monoisotopic (exact) mass is 253 g/mol. The van der Waals surface area contributed by atoms with E-state index < -0.39 is 0 Å². The van der Waals surface area contributed by atoms with Gasteiger partial charge in [0.15, 0.2) is 0 Å². The minimum absolute atomic E-state index is 0.854. The van der Waals surface area contributed by atoms with Gasteiger partial charge in [0.25, 0.3) is 0 Å². The number of halogens is 1. The second-order valence-electron chi connectivity index (χ2n) is 3.30. The van der Waals surface area contributed by atoms with Crippen molar-refractivity contribution in [2.45, 2.75) is 12.8 Å². The lowest BCUT2D eigenvalue weighted by atomic mass is 10.2. The lowest BCUT2D eigenvalue weighted by Crippen LogP contribution is -2.30. The number of nitrogens with one attached hydrogen (secondary N) is 1. The molecule has 74 valence electrons. The summed E-state index contributed by atoms with van der Waals surface area (Å²) in [6.07, 6.45) is 5.66. The third-order valence-corrected chi connectivity index (χ3v) is 2.53. The molecule has 1 N–H and O–H groups in total. The van der Waals surface area contributed by atoms with Crippen LogP contribution in [0.15, 0.2) is 27.9 Å². The number of hydrogen-bond acceptors (Lipinski definition) is 3. The smallest absolute Gasteiger partial charge is 0.101 e. The van der Waals surface area contributed by atoms with Gasteiger partial charge in [0.2, 0.25) is 0 Å². The molecular formula is C10H12BrN3. The average molecular weight is 254 g/mol. The molecule has 0 unspecified atom stereocenters. The molecule has 1 aromatic rings. The van der Waals surface area contributed by atoms with Crippen molar-refractivity contribution in [1.29, 1.82) is 0 Å². The molecule has 1 aliphatic heterocycles. The largest absolute Gasteiger partial charge is 0.373 e. The van der Waals surface area contributed by atoms with Crippen molar-refractivity contribution in [3.8, 4) is 0 Å². The van der Waals surface area contributed by atoms with Crippen LogP contribution in [-0.2, 0) is 6.42 Å². The molecule has 2 rings (SSSR count). The van der Waals surface area contributed by atoms with Gasteiger partial charge in [-0.25, -0.2) is 0 Å². The highest BCUT2D eigenvalue weighted by molar-refractivity contribution is 9.10. The Labute approximate surface area is 91.8 Å². The Bertz CT molecular complexity index is 349. The van der Waals surface area contributed by atoms with Crippen LogP contribution >= 0.6 is 15.9 Å². The molecule has 0 saturated heterocycles. The Balaban J connectivity index is 2.06. The summed E-state index contributed by atoms with van der Waals surface area (Å²) >= 11 is 3.40. The topological polar surface area (TPSA) is 37.3 Å². The number of nitrogens with zero attached hydrogens (tertiary/aromatic N) is 2. The first-order chi connectivity index (χ1) is 6.84. The molecule has 1 aliphatic rings. The lowest BCUT2D eigenvalue weighted by Gasteiger charge is -2.14. The van der Waals surface area contributed by atoms with E-state index in [4.69, 9.17) is 0 Å². The van der Waals surface area contributed by atoms with Gasteiger partial charge in [-0.15, -0.1) is 0 Å². The van der Waals surface area contributed by atoms with E-state index in [1.807, 2.05) is 6.20 Å². The van der Waals surface area contributed by atoms with Crippen molar-refractivity contribution in [2.75, 3.05) is 13.1 Å². The molecule has 14 heavy (non-hydrogen) atoms. The maximum Gasteiger partial charge on any atom is 0.101 e. The number of amidine groups is 1. The van der Waals surface area contributed by atoms with Crippen LogP contribution in [0.4, 0.5) is 0 Å². The van der Waals surface area contributed by atoms with E-state index in [1.54, 1.807) is 6.20 Å². The van der Waals surface area contributed by atoms with Gasteiger partial charge in [0.1, 0.15) is 5.84 Å². The highest BCUT2D eigenvalue weighted by Gasteiger charge is 2.05. The van der Waals surface area contributed by atoms with Crippen LogP contribution in [0.3, 0.4) is 0 Å². The zero-order valence-electron chi connectivity index (χ0n) is 7.83. The molecule has 0 fully saturated rings. The molecular weight excluding hydrogens is 242 g/mol. The summed E-state index contributed by atoms with van der Waals surface area (Å²) in [5.74, 6) is 1.08. The first-order valence-electron chi connectivity index (χ1n) is 4.71. The third kappa shape index (κ3) is 2.54. The average Bonchev–Trinajstić information content (AvgIpc) is 2.19. The number of aromatic nitrogens is 1. The Morgan fingerprint density at radius 1 is 1.43 bits per heavy atom. The van der Waals surface area contributed by atoms with Crippen molar-refractivity contribution in [3.05, 3.63) is 28.5 Å². The Kier molecular flexibility index (Phi) is 3.14. The number of pyridine rings is 1. The van der Waals surface area contributed by atoms with Gasteiger partial charge in [-0.3, -0.25) is 9.98 Å². The fraction of sp³-hybridized carbons (Fsp3) is 0.400. The van der Waals surface area contributed by atoms with Gasteiger partial charge in [-0.05, 0) is 34.0 Å². The van der Waals surface area contributed by atoms with Gasteiger partial charge >= 0.3 is 0 Å². The maximum absolute atomic E-state index is 4.42. The number of aliphatic imine (C=N–C) groups is 1. The van der Waals surface area contributed by atoms with Crippen molar-refractivity contribution >= 4 is 21.8 Å². The minimum atomic E-state index is 0.854. The quantitative estimate of drug-likeness (QED) is 0.873. The molecule has 4 heteroatoms. The maximum atomic E-state index is 4.42. The van der Waals surface area contributed by atoms with Crippen LogP contribution in [-0.4, -0.2) is 23.9 Å². The van der Waals surface area contributed by atoms with Crippen LogP contribution < -0.4 is 5.32 Å². The predicted octanol–water partition coefficient (Wildman–Crippen LogP) is 1.78. The molecule has 0 spiro atoms. The molecule has 0 atom stereocenters. The van der Waals surface area contributed by atoms with E-state index in [9.17, 15) is 0 Å². The third-order valence-electron chi connectivity index (χ3n) is 2.10. The van der Waals surface area contributed by atoms with E-state index in [2.05, 4.69) is 37.3 Å². The van der Waals surface area contributed by atoms with Gasteiger partial charge < -0.3 is 5.32 Å². The number of hydrogen-bond donors (Lipinski definition) is 1. The minimum Gasteiger partial charge on any atom is -0.373 e. The van der Waals surface area contributed by atoms with Crippen LogP contribution in [0.25, 0.3) is 0 Å². The first-order valence-corrected chi connectivity index (χ1v) is 5.50. The summed E-state index contributed by atoms with van der Waals surface area (Å²) in [6, 6.07) is 2.08. The highest BCUT2D eigenvalue weighted by Crippen LogP contribution is 2.10. The van der Waals surface area contributed by atoms with Crippen molar-refractivity contribution in [1.82, 2.24) is 10.3 Å². The summed E-state index contributed by atoms with van der Waals surface area (Å²) in [7, 11) is 0. The Morgan fingerprint density at radius 3 is 3.07 bits per heavy atom. The Hall–Kier alpha value is -0.900. The summed E-state index contributed by atoms with van der Waals surface area (Å²) < 4.78 is 1.02. The molecule has 3 nitrogen and oxygen atoms in total.